The molecule has 39 heavy (non-hydrogen) atoms. The molecule has 0 saturated carbocycles. The molecule has 8 nitrogen and oxygen atoms in total. The summed E-state index contributed by atoms with van der Waals surface area (Å²) in [6, 6.07) is 19.2. The highest BCUT2D eigenvalue weighted by Gasteiger charge is 2.38. The van der Waals surface area contributed by atoms with Crippen molar-refractivity contribution in [3.63, 3.8) is 0 Å². The number of aromatic nitrogens is 2. The largest absolute Gasteiger partial charge is 0.490 e. The minimum atomic E-state index is -5.08. The van der Waals surface area contributed by atoms with Crippen LogP contribution in [-0.2, 0) is 4.79 Å². The van der Waals surface area contributed by atoms with E-state index in [1.165, 1.54) is 11.6 Å². The molecular formula is C28H25F3N4O4. The van der Waals surface area contributed by atoms with E-state index >= 15 is 0 Å². The summed E-state index contributed by atoms with van der Waals surface area (Å²) in [4.78, 5) is 42.0. The smallest absolute Gasteiger partial charge is 0.475 e. The molecule has 4 N–H and O–H groups in total. The number of benzene rings is 2. The number of likely N-dealkylation sites (tertiary alicyclic amines) is 1. The fourth-order valence-corrected chi connectivity index (χ4v) is 4.46. The zero-order chi connectivity index (χ0) is 28.2. The van der Waals surface area contributed by atoms with Crippen molar-refractivity contribution < 1.29 is 27.9 Å². The van der Waals surface area contributed by atoms with Gasteiger partial charge in [0.25, 0.3) is 5.91 Å². The summed E-state index contributed by atoms with van der Waals surface area (Å²) in [5.74, 6) is -1.73. The molecule has 11 heteroatoms. The highest BCUT2D eigenvalue weighted by atomic mass is 19.4. The van der Waals surface area contributed by atoms with E-state index in [1.807, 2.05) is 35.2 Å². The molecule has 0 radical (unpaired) electrons. The Labute approximate surface area is 220 Å². The number of fused-ring (bicyclic) bond motifs is 1. The Morgan fingerprint density at radius 1 is 0.974 bits per heavy atom. The maximum absolute atomic E-state index is 13.0. The number of pyridine rings is 2. The van der Waals surface area contributed by atoms with Gasteiger partial charge >= 0.3 is 12.1 Å². The van der Waals surface area contributed by atoms with Crippen LogP contribution in [0.5, 0.6) is 0 Å². The Morgan fingerprint density at radius 2 is 1.62 bits per heavy atom. The van der Waals surface area contributed by atoms with E-state index in [9.17, 15) is 22.8 Å². The summed E-state index contributed by atoms with van der Waals surface area (Å²) in [7, 11) is 0. The zero-order valence-electron chi connectivity index (χ0n) is 20.6. The van der Waals surface area contributed by atoms with Gasteiger partial charge in [-0.15, -0.1) is 0 Å². The van der Waals surface area contributed by atoms with E-state index in [-0.39, 0.29) is 11.5 Å². The molecule has 1 aliphatic rings. The van der Waals surface area contributed by atoms with Crippen molar-refractivity contribution in [2.45, 2.75) is 24.9 Å². The van der Waals surface area contributed by atoms with Crippen LogP contribution in [0.4, 0.5) is 19.0 Å². The van der Waals surface area contributed by atoms with Gasteiger partial charge in [-0.1, -0.05) is 24.3 Å². The molecule has 1 aliphatic heterocycles. The predicted octanol–water partition coefficient (Wildman–Crippen LogP) is 4.83. The number of aliphatic carboxylic acids is 1. The Hall–Kier alpha value is -4.67. The average molecular weight is 539 g/mol. The Kier molecular flexibility index (Phi) is 7.99. The molecule has 0 spiro atoms. The lowest BCUT2D eigenvalue weighted by Gasteiger charge is -2.32. The van der Waals surface area contributed by atoms with Crippen molar-refractivity contribution in [3.8, 4) is 11.1 Å². The number of carbonyl (C=O) groups excluding carboxylic acids is 1. The van der Waals surface area contributed by atoms with Crippen LogP contribution >= 0.6 is 0 Å². The third-order valence-electron chi connectivity index (χ3n) is 6.57. The lowest BCUT2D eigenvalue weighted by molar-refractivity contribution is -0.192. The fourth-order valence-electron chi connectivity index (χ4n) is 4.46. The van der Waals surface area contributed by atoms with Gasteiger partial charge in [-0.25, -0.2) is 9.78 Å². The molecule has 2 aromatic carbocycles. The van der Waals surface area contributed by atoms with Crippen molar-refractivity contribution >= 4 is 28.5 Å². The number of rotatable bonds is 3. The summed E-state index contributed by atoms with van der Waals surface area (Å²) in [6.45, 7) is 1.46. The fraction of sp³-hybridized carbons (Fsp3) is 0.214. The third kappa shape index (κ3) is 6.61. The van der Waals surface area contributed by atoms with Crippen molar-refractivity contribution in [1.29, 1.82) is 0 Å². The molecule has 3 heterocycles. The molecule has 1 amide bonds. The van der Waals surface area contributed by atoms with Crippen LogP contribution in [0.15, 0.2) is 77.9 Å². The first-order valence-corrected chi connectivity index (χ1v) is 12.1. The maximum atomic E-state index is 13.0. The minimum Gasteiger partial charge on any atom is -0.475 e. The summed E-state index contributed by atoms with van der Waals surface area (Å²) in [6.07, 6.45) is 0.175. The van der Waals surface area contributed by atoms with E-state index in [2.05, 4.69) is 28.2 Å². The van der Waals surface area contributed by atoms with Crippen molar-refractivity contribution in [2.75, 3.05) is 18.8 Å². The number of alkyl halides is 3. The first kappa shape index (κ1) is 27.4. The highest BCUT2D eigenvalue weighted by molar-refractivity contribution is 5.95. The number of halogens is 3. The maximum Gasteiger partial charge on any atom is 0.490 e. The Bertz CT molecular complexity index is 1520. The molecule has 1 fully saturated rings. The predicted molar refractivity (Wildman–Crippen MR) is 140 cm³/mol. The molecule has 5 rings (SSSR count). The topological polar surface area (TPSA) is 129 Å². The van der Waals surface area contributed by atoms with Gasteiger partial charge in [0.1, 0.15) is 5.82 Å². The third-order valence-corrected chi connectivity index (χ3v) is 6.57. The number of H-pyrrole nitrogens is 1. The Morgan fingerprint density at radius 3 is 2.21 bits per heavy atom. The van der Waals surface area contributed by atoms with Gasteiger partial charge in [0.15, 0.2) is 0 Å². The van der Waals surface area contributed by atoms with Crippen LogP contribution in [0.3, 0.4) is 0 Å². The van der Waals surface area contributed by atoms with Gasteiger partial charge in [0, 0.05) is 42.5 Å². The number of carbonyl (C=O) groups is 2. The van der Waals surface area contributed by atoms with E-state index in [4.69, 9.17) is 15.6 Å². The number of nitrogen functional groups attached to an aromatic ring is 1. The summed E-state index contributed by atoms with van der Waals surface area (Å²) < 4.78 is 31.7. The number of aromatic amines is 1. The van der Waals surface area contributed by atoms with Crippen LogP contribution < -0.4 is 11.3 Å². The number of anilines is 1. The Balaban J connectivity index is 0.000000448. The number of piperidine rings is 1. The first-order valence-electron chi connectivity index (χ1n) is 12.1. The lowest BCUT2D eigenvalue weighted by atomic mass is 9.88. The summed E-state index contributed by atoms with van der Waals surface area (Å²) in [5, 5.41) is 9.21. The first-order chi connectivity index (χ1) is 18.5. The number of carboxylic acids is 1. The van der Waals surface area contributed by atoms with E-state index in [1.54, 1.807) is 18.5 Å². The van der Waals surface area contributed by atoms with Crippen LogP contribution in [0.2, 0.25) is 0 Å². The van der Waals surface area contributed by atoms with Crippen molar-refractivity contribution in [1.82, 2.24) is 14.9 Å². The van der Waals surface area contributed by atoms with E-state index in [0.717, 1.165) is 47.8 Å². The molecule has 1 saturated heterocycles. The number of hydrogen-bond donors (Lipinski definition) is 3. The van der Waals surface area contributed by atoms with Gasteiger partial charge in [-0.3, -0.25) is 9.59 Å². The van der Waals surface area contributed by atoms with E-state index in [0.29, 0.717) is 17.3 Å². The second-order valence-electron chi connectivity index (χ2n) is 9.07. The quantitative estimate of drug-likeness (QED) is 0.343. The van der Waals surface area contributed by atoms with Crippen molar-refractivity contribution in [3.05, 3.63) is 94.5 Å². The van der Waals surface area contributed by atoms with Gasteiger partial charge in [0.2, 0.25) is 5.56 Å². The minimum absolute atomic E-state index is 0.0587. The van der Waals surface area contributed by atoms with Crippen LogP contribution in [0, 0.1) is 0 Å². The van der Waals surface area contributed by atoms with Gasteiger partial charge in [-0.05, 0) is 71.2 Å². The van der Waals surface area contributed by atoms with E-state index < -0.39 is 12.1 Å². The van der Waals surface area contributed by atoms with Gasteiger partial charge < -0.3 is 20.7 Å². The van der Waals surface area contributed by atoms with Crippen LogP contribution in [0.1, 0.15) is 34.7 Å². The number of nitrogens with one attached hydrogen (secondary N) is 1. The second-order valence-corrected chi connectivity index (χ2v) is 9.07. The number of nitrogens with two attached hydrogens (primary N) is 1. The molecular weight excluding hydrogens is 513 g/mol. The monoisotopic (exact) mass is 538 g/mol. The molecule has 0 atom stereocenters. The lowest BCUT2D eigenvalue weighted by Crippen LogP contribution is -2.37. The summed E-state index contributed by atoms with van der Waals surface area (Å²) in [5.41, 5.74) is 9.74. The highest BCUT2D eigenvalue weighted by Crippen LogP contribution is 2.32. The standard InChI is InChI=1S/C26H24N4O2.C2HF3O2/c27-25-23-15-21(6-3-19(23)9-12-28-25)18-10-13-30(14-11-18)26(32)20-4-1-17(2-5-20)22-7-8-24(31)29-16-22;3-2(4,5)1(6)7/h1-9,12,15-16,18H,10-11,13-14H2,(H2,27,28)(H,29,31);(H,6,7). The van der Waals surface area contributed by atoms with Crippen LogP contribution in [-0.4, -0.2) is 51.1 Å². The second kappa shape index (κ2) is 11.4. The normalized spacial score (nSPS) is 14.0. The number of hydrogen-bond acceptors (Lipinski definition) is 5. The molecule has 2 aromatic heterocycles. The molecule has 0 unspecified atom stereocenters. The number of nitrogens with zero attached hydrogens (tertiary/aromatic N) is 2. The average Bonchev–Trinajstić information content (AvgIpc) is 2.93. The summed E-state index contributed by atoms with van der Waals surface area (Å²) >= 11 is 0. The van der Waals surface area contributed by atoms with Crippen LogP contribution in [0.25, 0.3) is 21.9 Å². The number of carboxylic acid groups (broad SMARTS) is 1. The zero-order valence-corrected chi connectivity index (χ0v) is 20.6. The molecule has 4 aromatic rings. The van der Waals surface area contributed by atoms with Gasteiger partial charge in [0.05, 0.1) is 0 Å². The number of amides is 1. The van der Waals surface area contributed by atoms with Gasteiger partial charge in [-0.2, -0.15) is 13.2 Å². The molecule has 202 valence electrons. The molecule has 0 aliphatic carbocycles. The molecule has 0 bridgehead atoms. The SMILES string of the molecule is Nc1nccc2ccc(C3CCN(C(=O)c4ccc(-c5ccc(=O)[nH]c5)cc4)CC3)cc12.O=C(O)C(F)(F)F. The van der Waals surface area contributed by atoms with Crippen molar-refractivity contribution in [2.24, 2.45) is 0 Å².